The number of likely N-dealkylation sites (N-methyl/N-ethyl adjacent to an activating group) is 1. The number of nitrogens with zero attached hydrogens (tertiary/aromatic N) is 1. The van der Waals surface area contributed by atoms with Crippen molar-refractivity contribution in [2.24, 2.45) is 5.73 Å². The van der Waals surface area contributed by atoms with E-state index in [0.717, 1.165) is 6.54 Å². The summed E-state index contributed by atoms with van der Waals surface area (Å²) in [6.07, 6.45) is 0. The lowest BCUT2D eigenvalue weighted by molar-refractivity contribution is 0.239. The van der Waals surface area contributed by atoms with Gasteiger partial charge in [-0.3, -0.25) is 4.90 Å². The third kappa shape index (κ3) is 2.96. The highest BCUT2D eigenvalue weighted by atomic mass is 32.1. The van der Waals surface area contributed by atoms with Gasteiger partial charge < -0.3 is 5.73 Å². The molecule has 0 aliphatic carbocycles. The molecule has 2 nitrogen and oxygen atoms in total. The van der Waals surface area contributed by atoms with E-state index in [4.69, 9.17) is 5.73 Å². The van der Waals surface area contributed by atoms with Crippen LogP contribution in [0.2, 0.25) is 0 Å². The molecule has 18 heavy (non-hydrogen) atoms. The summed E-state index contributed by atoms with van der Waals surface area (Å²) in [6, 6.07) is 10.8. The van der Waals surface area contributed by atoms with Gasteiger partial charge in [-0.1, -0.05) is 24.3 Å². The third-order valence-electron chi connectivity index (χ3n) is 3.00. The molecule has 0 fully saturated rings. The molecule has 1 heterocycles. The first kappa shape index (κ1) is 13.2. The number of benzene rings is 1. The third-order valence-corrected chi connectivity index (χ3v) is 3.87. The van der Waals surface area contributed by atoms with Gasteiger partial charge in [0, 0.05) is 29.6 Å². The van der Waals surface area contributed by atoms with Gasteiger partial charge in [0.05, 0.1) is 0 Å². The summed E-state index contributed by atoms with van der Waals surface area (Å²) in [5.74, 6) is -0.189. The van der Waals surface area contributed by atoms with E-state index in [9.17, 15) is 4.39 Å². The van der Waals surface area contributed by atoms with Crippen molar-refractivity contribution in [2.45, 2.75) is 12.6 Å². The molecular formula is C14H17FN2S. The van der Waals surface area contributed by atoms with Crippen LogP contribution >= 0.6 is 11.3 Å². The SMILES string of the molecule is CN(Cc1cccs1)C(CN)c1ccccc1F. The van der Waals surface area contributed by atoms with Crippen LogP contribution in [-0.2, 0) is 6.54 Å². The molecule has 1 atom stereocenters. The molecule has 0 saturated carbocycles. The number of halogens is 1. The highest BCUT2D eigenvalue weighted by Crippen LogP contribution is 2.23. The molecule has 0 spiro atoms. The average Bonchev–Trinajstić information content (AvgIpc) is 2.85. The van der Waals surface area contributed by atoms with Crippen LogP contribution < -0.4 is 5.73 Å². The fourth-order valence-corrected chi connectivity index (χ4v) is 2.82. The summed E-state index contributed by atoms with van der Waals surface area (Å²) in [7, 11) is 1.98. The zero-order valence-electron chi connectivity index (χ0n) is 10.3. The maximum atomic E-state index is 13.8. The minimum atomic E-state index is -0.189. The van der Waals surface area contributed by atoms with E-state index < -0.39 is 0 Å². The number of thiophene rings is 1. The molecule has 0 saturated heterocycles. The molecule has 2 N–H and O–H groups in total. The first-order valence-corrected chi connectivity index (χ1v) is 6.77. The van der Waals surface area contributed by atoms with E-state index in [-0.39, 0.29) is 11.9 Å². The van der Waals surface area contributed by atoms with Crippen LogP contribution in [0, 0.1) is 5.82 Å². The predicted octanol–water partition coefficient (Wildman–Crippen LogP) is 3.02. The first-order valence-electron chi connectivity index (χ1n) is 5.89. The van der Waals surface area contributed by atoms with E-state index in [2.05, 4.69) is 11.0 Å². The highest BCUT2D eigenvalue weighted by Gasteiger charge is 2.18. The van der Waals surface area contributed by atoms with Crippen molar-refractivity contribution < 1.29 is 4.39 Å². The largest absolute Gasteiger partial charge is 0.329 e. The average molecular weight is 264 g/mol. The molecule has 4 heteroatoms. The van der Waals surface area contributed by atoms with E-state index >= 15 is 0 Å². The van der Waals surface area contributed by atoms with Crippen LogP contribution in [0.5, 0.6) is 0 Å². The minimum Gasteiger partial charge on any atom is -0.329 e. The molecule has 0 bridgehead atoms. The normalized spacial score (nSPS) is 12.9. The van der Waals surface area contributed by atoms with Crippen molar-refractivity contribution in [1.29, 1.82) is 0 Å². The first-order chi connectivity index (χ1) is 8.72. The molecule has 1 unspecified atom stereocenters. The van der Waals surface area contributed by atoms with Crippen molar-refractivity contribution in [3.05, 3.63) is 58.0 Å². The van der Waals surface area contributed by atoms with Crippen molar-refractivity contribution in [2.75, 3.05) is 13.6 Å². The lowest BCUT2D eigenvalue weighted by Gasteiger charge is -2.27. The van der Waals surface area contributed by atoms with Gasteiger partial charge in [0.25, 0.3) is 0 Å². The fourth-order valence-electron chi connectivity index (χ4n) is 2.05. The Hall–Kier alpha value is -1.23. The van der Waals surface area contributed by atoms with E-state index in [1.807, 2.05) is 24.6 Å². The summed E-state index contributed by atoms with van der Waals surface area (Å²) < 4.78 is 13.8. The van der Waals surface area contributed by atoms with Crippen molar-refractivity contribution in [3.63, 3.8) is 0 Å². The molecule has 0 aliphatic heterocycles. The highest BCUT2D eigenvalue weighted by molar-refractivity contribution is 7.09. The molecular weight excluding hydrogens is 247 g/mol. The Morgan fingerprint density at radius 1 is 1.28 bits per heavy atom. The van der Waals surface area contributed by atoms with Crippen LogP contribution in [0.25, 0.3) is 0 Å². The second-order valence-corrected chi connectivity index (χ2v) is 5.30. The van der Waals surface area contributed by atoms with Gasteiger partial charge in [-0.05, 0) is 24.6 Å². The van der Waals surface area contributed by atoms with Gasteiger partial charge >= 0.3 is 0 Å². The molecule has 1 aromatic heterocycles. The van der Waals surface area contributed by atoms with Crippen molar-refractivity contribution in [1.82, 2.24) is 4.90 Å². The topological polar surface area (TPSA) is 29.3 Å². The summed E-state index contributed by atoms with van der Waals surface area (Å²) in [5, 5.41) is 2.05. The van der Waals surface area contributed by atoms with Crippen molar-refractivity contribution in [3.8, 4) is 0 Å². The lowest BCUT2D eigenvalue weighted by atomic mass is 10.1. The van der Waals surface area contributed by atoms with E-state index in [0.29, 0.717) is 12.1 Å². The Morgan fingerprint density at radius 3 is 2.67 bits per heavy atom. The Bertz CT molecular complexity index is 484. The maximum absolute atomic E-state index is 13.8. The number of hydrogen-bond acceptors (Lipinski definition) is 3. The number of hydrogen-bond donors (Lipinski definition) is 1. The Morgan fingerprint density at radius 2 is 2.06 bits per heavy atom. The zero-order valence-corrected chi connectivity index (χ0v) is 11.2. The molecule has 2 rings (SSSR count). The van der Waals surface area contributed by atoms with Gasteiger partial charge in [0.1, 0.15) is 5.82 Å². The summed E-state index contributed by atoms with van der Waals surface area (Å²) >= 11 is 1.70. The van der Waals surface area contributed by atoms with Gasteiger partial charge in [-0.2, -0.15) is 0 Å². The van der Waals surface area contributed by atoms with Crippen LogP contribution in [0.3, 0.4) is 0 Å². The smallest absolute Gasteiger partial charge is 0.128 e. The monoisotopic (exact) mass is 264 g/mol. The number of rotatable bonds is 5. The molecule has 2 aromatic rings. The number of nitrogens with two attached hydrogens (primary N) is 1. The summed E-state index contributed by atoms with van der Waals surface area (Å²) in [6.45, 7) is 1.19. The van der Waals surface area contributed by atoms with Crippen LogP contribution in [0.15, 0.2) is 41.8 Å². The molecule has 0 aliphatic rings. The van der Waals surface area contributed by atoms with Gasteiger partial charge in [0.15, 0.2) is 0 Å². The lowest BCUT2D eigenvalue weighted by Crippen LogP contribution is -2.30. The summed E-state index contributed by atoms with van der Waals surface area (Å²) in [5.41, 5.74) is 6.46. The summed E-state index contributed by atoms with van der Waals surface area (Å²) in [4.78, 5) is 3.34. The Kier molecular flexibility index (Phi) is 4.47. The molecule has 0 radical (unpaired) electrons. The molecule has 1 aromatic carbocycles. The van der Waals surface area contributed by atoms with Gasteiger partial charge in [0.2, 0.25) is 0 Å². The molecule has 96 valence electrons. The van der Waals surface area contributed by atoms with Crippen LogP contribution in [-0.4, -0.2) is 18.5 Å². The Labute approximate surface area is 111 Å². The van der Waals surface area contributed by atoms with Crippen LogP contribution in [0.4, 0.5) is 4.39 Å². The quantitative estimate of drug-likeness (QED) is 0.899. The second kappa shape index (κ2) is 6.09. The fraction of sp³-hybridized carbons (Fsp3) is 0.286. The minimum absolute atomic E-state index is 0.0895. The van der Waals surface area contributed by atoms with E-state index in [1.54, 1.807) is 23.5 Å². The van der Waals surface area contributed by atoms with Gasteiger partial charge in [-0.15, -0.1) is 11.3 Å². The zero-order chi connectivity index (χ0) is 13.0. The molecule has 0 amide bonds. The van der Waals surface area contributed by atoms with E-state index in [1.165, 1.54) is 10.9 Å². The van der Waals surface area contributed by atoms with Crippen molar-refractivity contribution >= 4 is 11.3 Å². The predicted molar refractivity (Wildman–Crippen MR) is 74.0 cm³/mol. The Balaban J connectivity index is 2.16. The van der Waals surface area contributed by atoms with Crippen LogP contribution in [0.1, 0.15) is 16.5 Å². The van der Waals surface area contributed by atoms with Gasteiger partial charge in [-0.25, -0.2) is 4.39 Å². The second-order valence-electron chi connectivity index (χ2n) is 4.27. The standard InChI is InChI=1S/C14H17FN2S/c1-17(10-11-5-4-8-18-11)14(9-16)12-6-2-3-7-13(12)15/h2-8,14H,9-10,16H2,1H3. The maximum Gasteiger partial charge on any atom is 0.128 e.